The number of carbonyl (C=O) groups excluding carboxylic acids is 1. The van der Waals surface area contributed by atoms with Gasteiger partial charge in [-0.3, -0.25) is 9.69 Å². The predicted molar refractivity (Wildman–Crippen MR) is 34.8 cm³/mol. The van der Waals surface area contributed by atoms with Crippen molar-refractivity contribution in [3.05, 3.63) is 0 Å². The van der Waals surface area contributed by atoms with Gasteiger partial charge in [0.2, 0.25) is 0 Å². The molecular weight excluding hydrogens is 130 g/mol. The number of hydrogen-bond donors (Lipinski definition) is 0. The normalized spacial score (nSPS) is 6.86. The van der Waals surface area contributed by atoms with E-state index in [1.54, 1.807) is 0 Å². The lowest BCUT2D eigenvalue weighted by Gasteiger charge is -1.93. The Balaban J connectivity index is 3.57. The summed E-state index contributed by atoms with van der Waals surface area (Å²) in [5.41, 5.74) is 2.22. The summed E-state index contributed by atoms with van der Waals surface area (Å²) >= 11 is 8.62. The zero-order chi connectivity index (χ0) is 5.70. The van der Waals surface area contributed by atoms with Crippen LogP contribution >= 0.6 is 24.4 Å². The third kappa shape index (κ3) is 2.36. The number of hydrogen-bond acceptors (Lipinski definition) is 3. The fourth-order valence-corrected chi connectivity index (χ4v) is 0.353. The quantitative estimate of drug-likeness (QED) is 0.406. The van der Waals surface area contributed by atoms with Gasteiger partial charge in [-0.05, 0) is 0 Å². The fraction of sp³-hybridized carbons (Fsp3) is 0. The van der Waals surface area contributed by atoms with Gasteiger partial charge in [-0.2, -0.15) is 0 Å². The molecule has 0 aromatic rings. The average molecular weight is 132 g/mol. The van der Waals surface area contributed by atoms with Crippen LogP contribution in [0, 0.1) is 0 Å². The van der Waals surface area contributed by atoms with Gasteiger partial charge in [-0.25, -0.2) is 0 Å². The first kappa shape index (κ1) is 6.65. The molecule has 0 saturated carbocycles. The summed E-state index contributed by atoms with van der Waals surface area (Å²) in [5, 5.41) is 0. The van der Waals surface area contributed by atoms with E-state index in [0.29, 0.717) is 0 Å². The lowest BCUT2D eigenvalue weighted by Crippen LogP contribution is -2.13. The molecule has 0 N–H and O–H groups in total. The van der Waals surface area contributed by atoms with Crippen LogP contribution in [0.5, 0.6) is 0 Å². The molecule has 0 rings (SSSR count). The van der Waals surface area contributed by atoms with Crippen molar-refractivity contribution in [2.75, 3.05) is 0 Å². The van der Waals surface area contributed by atoms with Crippen molar-refractivity contribution in [3.8, 4) is 0 Å². The summed E-state index contributed by atoms with van der Waals surface area (Å²) in [6, 6.07) is 0. The van der Waals surface area contributed by atoms with Gasteiger partial charge in [-0.1, -0.05) is 24.4 Å². The lowest BCUT2D eigenvalue weighted by molar-refractivity contribution is 0.535. The Morgan fingerprint density at radius 1 is 1.43 bits per heavy atom. The second-order valence-corrected chi connectivity index (χ2v) is 1.13. The molecule has 1 radical (unpaired) electrons. The second-order valence-electron chi connectivity index (χ2n) is 0.709. The predicted octanol–water partition coefficient (Wildman–Crippen LogP) is 0.270. The molecule has 0 aliphatic rings. The maximum atomic E-state index is 9.57. The van der Waals surface area contributed by atoms with Crippen LogP contribution in [0.15, 0.2) is 0 Å². The Bertz CT molecular complexity index is 73.9. The van der Waals surface area contributed by atoms with Crippen molar-refractivity contribution >= 4 is 41.8 Å². The molecule has 0 atom stereocenters. The van der Waals surface area contributed by atoms with Crippen LogP contribution in [0.25, 0.3) is 0 Å². The Hall–Kier alpha value is -0.350. The van der Waals surface area contributed by atoms with Gasteiger partial charge in [-0.15, -0.1) is 0 Å². The molecule has 0 saturated heterocycles. The monoisotopic (exact) mass is 132 g/mol. The van der Waals surface area contributed by atoms with Gasteiger partial charge < -0.3 is 0 Å². The minimum absolute atomic E-state index is 0.949. The van der Waals surface area contributed by atoms with E-state index >= 15 is 0 Å². The number of amides is 1. The molecule has 4 heteroatoms. The molecule has 0 aromatic carbocycles. The largest absolute Gasteiger partial charge is 0.322 e. The van der Waals surface area contributed by atoms with Crippen LogP contribution in [0.4, 0.5) is 0 Å². The molecule has 0 unspecified atom stereocenters. The van der Waals surface area contributed by atoms with Gasteiger partial charge in [0, 0.05) is 0 Å². The number of nitrogens with zero attached hydrogens (tertiary/aromatic N) is 1. The molecule has 0 heterocycles. The maximum absolute atomic E-state index is 9.57. The second kappa shape index (κ2) is 3.83. The van der Waals surface area contributed by atoms with Crippen LogP contribution in [0.2, 0.25) is 0 Å². The highest BCUT2D eigenvalue weighted by molar-refractivity contribution is 7.80. The molecule has 0 fully saturated rings. The smallest absolute Gasteiger partial charge is 0.266 e. The van der Waals surface area contributed by atoms with Gasteiger partial charge in [0.1, 0.15) is 0 Å². The van der Waals surface area contributed by atoms with Crippen LogP contribution in [0.1, 0.15) is 0 Å². The zero-order valence-electron chi connectivity index (χ0n) is 3.33. The van der Waals surface area contributed by atoms with Crippen molar-refractivity contribution in [2.24, 2.45) is 0 Å². The molecule has 0 aromatic heterocycles. The van der Waals surface area contributed by atoms with Crippen LogP contribution < -0.4 is 0 Å². The minimum Gasteiger partial charge on any atom is -0.266 e. The standard InChI is InChI=1S/C3H2NOS2/c5-1-4(2-6)3-7/h2-3H. The van der Waals surface area contributed by atoms with E-state index in [4.69, 9.17) is 0 Å². The SMILES string of the molecule is O=[C]N(C=S)C=S. The Kier molecular flexibility index (Phi) is 3.64. The van der Waals surface area contributed by atoms with Gasteiger partial charge in [0.25, 0.3) is 0 Å². The third-order valence-electron chi connectivity index (χ3n) is 0.333. The first-order valence-electron chi connectivity index (χ1n) is 1.42. The van der Waals surface area contributed by atoms with Crippen molar-refractivity contribution in [3.63, 3.8) is 0 Å². The Labute approximate surface area is 52.1 Å². The number of thiocarbonyl (C=S) groups is 2. The summed E-state index contributed by atoms with van der Waals surface area (Å²) in [5.74, 6) is 0. The molecule has 0 aliphatic carbocycles. The summed E-state index contributed by atoms with van der Waals surface area (Å²) < 4.78 is 0. The van der Waals surface area contributed by atoms with E-state index in [0.717, 1.165) is 15.9 Å². The topological polar surface area (TPSA) is 20.3 Å². The van der Waals surface area contributed by atoms with Crippen LogP contribution in [0.3, 0.4) is 0 Å². The van der Waals surface area contributed by atoms with E-state index < -0.39 is 0 Å². The van der Waals surface area contributed by atoms with Gasteiger partial charge >= 0.3 is 6.41 Å². The highest BCUT2D eigenvalue weighted by atomic mass is 32.1. The van der Waals surface area contributed by atoms with Crippen LogP contribution in [-0.2, 0) is 4.79 Å². The highest BCUT2D eigenvalue weighted by Crippen LogP contribution is 1.67. The molecule has 0 aliphatic heterocycles. The van der Waals surface area contributed by atoms with Crippen LogP contribution in [-0.4, -0.2) is 22.3 Å². The average Bonchev–Trinajstić information content (AvgIpc) is 1.72. The zero-order valence-corrected chi connectivity index (χ0v) is 4.96. The van der Waals surface area contributed by atoms with E-state index in [-0.39, 0.29) is 0 Å². The van der Waals surface area contributed by atoms with E-state index in [9.17, 15) is 4.79 Å². The third-order valence-corrected chi connectivity index (χ3v) is 0.787. The van der Waals surface area contributed by atoms with Crippen molar-refractivity contribution in [1.82, 2.24) is 4.90 Å². The summed E-state index contributed by atoms with van der Waals surface area (Å²) in [4.78, 5) is 10.5. The highest BCUT2D eigenvalue weighted by Gasteiger charge is 1.85. The minimum atomic E-state index is 0.949. The molecule has 1 amide bonds. The Morgan fingerprint density at radius 3 is 1.86 bits per heavy atom. The van der Waals surface area contributed by atoms with E-state index in [1.807, 2.05) is 0 Å². The molecular formula is C3H2NOS2. The first-order valence-corrected chi connectivity index (χ1v) is 2.36. The number of rotatable bonds is 3. The Morgan fingerprint density at radius 2 is 1.86 bits per heavy atom. The summed E-state index contributed by atoms with van der Waals surface area (Å²) in [7, 11) is 0. The van der Waals surface area contributed by atoms with Crippen molar-refractivity contribution in [2.45, 2.75) is 0 Å². The molecule has 0 bridgehead atoms. The summed E-state index contributed by atoms with van der Waals surface area (Å²) in [6.45, 7) is 0. The first-order chi connectivity index (χ1) is 3.35. The van der Waals surface area contributed by atoms with Crippen molar-refractivity contribution < 1.29 is 4.79 Å². The lowest BCUT2D eigenvalue weighted by atomic mass is 11.0. The molecule has 37 valence electrons. The fourth-order valence-electron chi connectivity index (χ4n) is 0.0679. The molecule has 0 spiro atoms. The van der Waals surface area contributed by atoms with E-state index in [2.05, 4.69) is 24.4 Å². The van der Waals surface area contributed by atoms with Gasteiger partial charge in [0.15, 0.2) is 0 Å². The molecule has 2 nitrogen and oxygen atoms in total. The summed E-state index contributed by atoms with van der Waals surface area (Å²) in [6.07, 6.45) is 1.47. The van der Waals surface area contributed by atoms with Gasteiger partial charge in [0.05, 0.1) is 11.0 Å². The van der Waals surface area contributed by atoms with Crippen molar-refractivity contribution in [1.29, 1.82) is 0 Å². The molecule has 7 heavy (non-hydrogen) atoms. The maximum Gasteiger partial charge on any atom is 0.322 e. The van der Waals surface area contributed by atoms with E-state index in [1.165, 1.54) is 6.41 Å².